The topological polar surface area (TPSA) is 82.9 Å². The van der Waals surface area contributed by atoms with Crippen LogP contribution in [0.25, 0.3) is 0 Å². The third-order valence-corrected chi connectivity index (χ3v) is 4.97. The van der Waals surface area contributed by atoms with Gasteiger partial charge in [0, 0.05) is 25.1 Å². The van der Waals surface area contributed by atoms with E-state index in [1.807, 2.05) is 12.1 Å². The molecule has 0 spiro atoms. The van der Waals surface area contributed by atoms with Crippen molar-refractivity contribution in [2.24, 2.45) is 0 Å². The number of imide groups is 1. The predicted molar refractivity (Wildman–Crippen MR) is 103 cm³/mol. The summed E-state index contributed by atoms with van der Waals surface area (Å²) in [4.78, 5) is 38.6. The molecule has 7 nitrogen and oxygen atoms in total. The van der Waals surface area contributed by atoms with Gasteiger partial charge in [-0.2, -0.15) is 0 Å². The van der Waals surface area contributed by atoms with E-state index in [0.717, 1.165) is 30.1 Å². The molecule has 1 aliphatic rings. The fourth-order valence-corrected chi connectivity index (χ4v) is 3.09. The lowest BCUT2D eigenvalue weighted by Gasteiger charge is -2.16. The molecule has 0 atom stereocenters. The highest BCUT2D eigenvalue weighted by molar-refractivity contribution is 6.06. The van der Waals surface area contributed by atoms with Crippen LogP contribution in [0.4, 0.5) is 4.79 Å². The van der Waals surface area contributed by atoms with Crippen molar-refractivity contribution in [2.45, 2.75) is 52.7 Å². The summed E-state index contributed by atoms with van der Waals surface area (Å²) >= 11 is 0. The highest BCUT2D eigenvalue weighted by atomic mass is 16.2. The molecule has 7 heteroatoms. The van der Waals surface area contributed by atoms with Gasteiger partial charge in [-0.15, -0.1) is 0 Å². The Labute approximate surface area is 161 Å². The maximum Gasteiger partial charge on any atom is 0.325 e. The Balaban J connectivity index is 1.77. The lowest BCUT2D eigenvalue weighted by atomic mass is 10.1. The Kier molecular flexibility index (Phi) is 6.96. The standard InChI is InChI=1S/C20H30N4O3/c1-5-23(6-2)14-16-9-7-15(8-10-16)13-21-17(25)11-12-24-18(26)20(3,4)22-19(24)27/h7-10H,5-6,11-14H2,1-4H3,(H,21,25)(H,22,27)/p+1. The van der Waals surface area contributed by atoms with E-state index >= 15 is 0 Å². The van der Waals surface area contributed by atoms with E-state index in [-0.39, 0.29) is 24.8 Å². The molecule has 0 aliphatic carbocycles. The van der Waals surface area contributed by atoms with Crippen LogP contribution in [-0.2, 0) is 22.7 Å². The number of carbonyl (C=O) groups excluding carboxylic acids is 3. The minimum absolute atomic E-state index is 0.0888. The number of hydrogen-bond donors (Lipinski definition) is 3. The molecular formula is C20H31N4O3+. The molecule has 1 saturated heterocycles. The van der Waals surface area contributed by atoms with Crippen molar-refractivity contribution < 1.29 is 19.3 Å². The maximum atomic E-state index is 12.1. The molecule has 0 bridgehead atoms. The zero-order valence-electron chi connectivity index (χ0n) is 16.7. The van der Waals surface area contributed by atoms with Gasteiger partial charge in [-0.1, -0.05) is 24.3 Å². The summed E-state index contributed by atoms with van der Waals surface area (Å²) in [6, 6.07) is 7.81. The highest BCUT2D eigenvalue weighted by Gasteiger charge is 2.43. The monoisotopic (exact) mass is 375 g/mol. The van der Waals surface area contributed by atoms with Gasteiger partial charge in [0.25, 0.3) is 5.91 Å². The first-order valence-electron chi connectivity index (χ1n) is 9.59. The number of rotatable bonds is 9. The number of nitrogens with one attached hydrogen (secondary N) is 3. The van der Waals surface area contributed by atoms with Gasteiger partial charge < -0.3 is 15.5 Å². The van der Waals surface area contributed by atoms with Crippen molar-refractivity contribution in [3.05, 3.63) is 35.4 Å². The molecule has 1 aromatic rings. The molecular weight excluding hydrogens is 344 g/mol. The van der Waals surface area contributed by atoms with Gasteiger partial charge >= 0.3 is 6.03 Å². The van der Waals surface area contributed by atoms with Crippen LogP contribution in [0, 0.1) is 0 Å². The van der Waals surface area contributed by atoms with Crippen LogP contribution in [0.5, 0.6) is 0 Å². The molecule has 1 aromatic carbocycles. The van der Waals surface area contributed by atoms with Gasteiger partial charge in [0.1, 0.15) is 12.1 Å². The van der Waals surface area contributed by atoms with Crippen LogP contribution in [0.3, 0.4) is 0 Å². The maximum absolute atomic E-state index is 12.1. The van der Waals surface area contributed by atoms with Crippen LogP contribution < -0.4 is 15.5 Å². The van der Waals surface area contributed by atoms with Crippen molar-refractivity contribution in [1.82, 2.24) is 15.5 Å². The molecule has 148 valence electrons. The molecule has 0 saturated carbocycles. The number of benzene rings is 1. The Hall–Kier alpha value is -2.41. The fourth-order valence-electron chi connectivity index (χ4n) is 3.09. The Morgan fingerprint density at radius 1 is 1.11 bits per heavy atom. The summed E-state index contributed by atoms with van der Waals surface area (Å²) in [6.07, 6.45) is 0.0959. The van der Waals surface area contributed by atoms with Gasteiger partial charge in [0.15, 0.2) is 0 Å². The summed E-state index contributed by atoms with van der Waals surface area (Å²) in [7, 11) is 0. The lowest BCUT2D eigenvalue weighted by molar-refractivity contribution is -0.910. The molecule has 1 aliphatic heterocycles. The zero-order valence-corrected chi connectivity index (χ0v) is 16.7. The summed E-state index contributed by atoms with van der Waals surface area (Å²) in [5.74, 6) is -0.483. The van der Waals surface area contributed by atoms with Gasteiger partial charge in [-0.05, 0) is 33.3 Å². The Morgan fingerprint density at radius 3 is 2.22 bits per heavy atom. The zero-order chi connectivity index (χ0) is 20.0. The van der Waals surface area contributed by atoms with E-state index in [4.69, 9.17) is 0 Å². The second kappa shape index (κ2) is 8.99. The highest BCUT2D eigenvalue weighted by Crippen LogP contribution is 2.16. The molecule has 3 N–H and O–H groups in total. The van der Waals surface area contributed by atoms with Crippen molar-refractivity contribution in [3.8, 4) is 0 Å². The largest absolute Gasteiger partial charge is 0.352 e. The predicted octanol–water partition coefficient (Wildman–Crippen LogP) is 0.448. The second-order valence-electron chi connectivity index (χ2n) is 7.49. The minimum atomic E-state index is -0.901. The van der Waals surface area contributed by atoms with E-state index in [0.29, 0.717) is 6.54 Å². The van der Waals surface area contributed by atoms with E-state index in [9.17, 15) is 14.4 Å². The summed E-state index contributed by atoms with van der Waals surface area (Å²) < 4.78 is 0. The van der Waals surface area contributed by atoms with Crippen LogP contribution >= 0.6 is 0 Å². The molecule has 1 fully saturated rings. The molecule has 27 heavy (non-hydrogen) atoms. The van der Waals surface area contributed by atoms with E-state index < -0.39 is 11.6 Å². The first-order valence-corrected chi connectivity index (χ1v) is 9.59. The normalized spacial score (nSPS) is 16.0. The average molecular weight is 375 g/mol. The van der Waals surface area contributed by atoms with Crippen LogP contribution in [-0.4, -0.2) is 47.9 Å². The van der Waals surface area contributed by atoms with Gasteiger partial charge in [0.05, 0.1) is 13.1 Å². The molecule has 0 unspecified atom stereocenters. The van der Waals surface area contributed by atoms with Crippen LogP contribution in [0.2, 0.25) is 0 Å². The lowest BCUT2D eigenvalue weighted by Crippen LogP contribution is -3.10. The van der Waals surface area contributed by atoms with Crippen molar-refractivity contribution in [1.29, 1.82) is 0 Å². The minimum Gasteiger partial charge on any atom is -0.352 e. The SMILES string of the molecule is CC[NH+](CC)Cc1ccc(CNC(=O)CCN2C(=O)NC(C)(C)C2=O)cc1. The number of amides is 4. The molecule has 0 radical (unpaired) electrons. The first-order chi connectivity index (χ1) is 12.8. The van der Waals surface area contributed by atoms with Crippen molar-refractivity contribution >= 4 is 17.8 Å². The van der Waals surface area contributed by atoms with Gasteiger partial charge in [0.2, 0.25) is 5.91 Å². The van der Waals surface area contributed by atoms with E-state index in [1.54, 1.807) is 13.8 Å². The molecule has 1 heterocycles. The van der Waals surface area contributed by atoms with Crippen LogP contribution in [0.15, 0.2) is 24.3 Å². The molecule has 4 amide bonds. The summed E-state index contributed by atoms with van der Waals surface area (Å²) in [5.41, 5.74) is 1.41. The summed E-state index contributed by atoms with van der Waals surface area (Å²) in [6.45, 7) is 11.4. The number of urea groups is 1. The van der Waals surface area contributed by atoms with Gasteiger partial charge in [-0.25, -0.2) is 4.79 Å². The quantitative estimate of drug-likeness (QED) is 0.548. The van der Waals surface area contributed by atoms with Crippen LogP contribution in [0.1, 0.15) is 45.2 Å². The van der Waals surface area contributed by atoms with E-state index in [2.05, 4.69) is 36.6 Å². The third-order valence-electron chi connectivity index (χ3n) is 4.97. The van der Waals surface area contributed by atoms with Gasteiger partial charge in [-0.3, -0.25) is 14.5 Å². The Bertz CT molecular complexity index is 681. The fraction of sp³-hybridized carbons (Fsp3) is 0.550. The number of quaternary nitrogens is 1. The van der Waals surface area contributed by atoms with Crippen molar-refractivity contribution in [2.75, 3.05) is 19.6 Å². The molecule has 0 aromatic heterocycles. The Morgan fingerprint density at radius 2 is 1.70 bits per heavy atom. The number of carbonyl (C=O) groups is 3. The average Bonchev–Trinajstić information content (AvgIpc) is 2.84. The first kappa shape index (κ1) is 20.9. The summed E-state index contributed by atoms with van der Waals surface area (Å²) in [5, 5.41) is 5.45. The van der Waals surface area contributed by atoms with E-state index in [1.165, 1.54) is 10.5 Å². The van der Waals surface area contributed by atoms with Crippen molar-refractivity contribution in [3.63, 3.8) is 0 Å². The second-order valence-corrected chi connectivity index (χ2v) is 7.49. The molecule has 2 rings (SSSR count). The number of hydrogen-bond acceptors (Lipinski definition) is 3. The number of nitrogens with zero attached hydrogens (tertiary/aromatic N) is 1. The third kappa shape index (κ3) is 5.53. The smallest absolute Gasteiger partial charge is 0.325 e.